The summed E-state index contributed by atoms with van der Waals surface area (Å²) in [5, 5.41) is 0. The minimum absolute atomic E-state index is 0. The maximum atomic E-state index is 9.75. The number of rotatable bonds is 3. The van der Waals surface area contributed by atoms with Gasteiger partial charge >= 0.3 is 28.5 Å². The molecule has 0 atom stereocenters. The van der Waals surface area contributed by atoms with E-state index in [9.17, 15) is 17.3 Å². The minimum Gasteiger partial charge on any atom is -0.418 e. The van der Waals surface area contributed by atoms with Crippen molar-refractivity contribution in [3.05, 3.63) is 127 Å². The zero-order valence-corrected chi connectivity index (χ0v) is 27.8. The summed E-state index contributed by atoms with van der Waals surface area (Å²) in [5.74, 6) is 0. The van der Waals surface area contributed by atoms with Crippen LogP contribution in [0.4, 0.5) is 17.3 Å². The summed E-state index contributed by atoms with van der Waals surface area (Å²) in [7, 11) is -6.00. The van der Waals surface area contributed by atoms with Crippen molar-refractivity contribution in [1.82, 2.24) is 0 Å². The second-order valence-electron chi connectivity index (χ2n) is 10.8. The van der Waals surface area contributed by atoms with E-state index in [0.29, 0.717) is 0 Å². The molecule has 0 amide bonds. The maximum Gasteiger partial charge on any atom is 0.673 e. The summed E-state index contributed by atoms with van der Waals surface area (Å²) in [6.45, 7) is 13.6. The van der Waals surface area contributed by atoms with Crippen molar-refractivity contribution < 1.29 is 38.5 Å². The van der Waals surface area contributed by atoms with E-state index in [-0.39, 0.29) is 56.0 Å². The van der Waals surface area contributed by atoms with Gasteiger partial charge in [0.1, 0.15) is 0 Å². The normalized spacial score (nSPS) is 11.2. The Morgan fingerprint density at radius 2 is 0.718 bits per heavy atom. The number of hydrogen-bond acceptors (Lipinski definition) is 0. The molecule has 0 fully saturated rings. The van der Waals surface area contributed by atoms with E-state index in [0.717, 1.165) is 0 Å². The number of benzene rings is 4. The van der Waals surface area contributed by atoms with Gasteiger partial charge in [-0.25, -0.2) is 0 Å². The summed E-state index contributed by atoms with van der Waals surface area (Å²) in [4.78, 5) is 0. The molecule has 0 aliphatic carbocycles. The van der Waals surface area contributed by atoms with Crippen molar-refractivity contribution in [3.63, 3.8) is 0 Å². The van der Waals surface area contributed by atoms with E-state index in [1.165, 1.54) is 29.4 Å². The number of hydrogen-bond donors (Lipinski definition) is 0. The van der Waals surface area contributed by atoms with Gasteiger partial charge in [-0.3, -0.25) is 0 Å². The van der Waals surface area contributed by atoms with E-state index >= 15 is 0 Å². The van der Waals surface area contributed by atoms with Gasteiger partial charge in [-0.2, -0.15) is 0 Å². The van der Waals surface area contributed by atoms with Gasteiger partial charge in [0, 0.05) is 0 Å². The Morgan fingerprint density at radius 3 is 0.949 bits per heavy atom. The molecule has 0 N–H and O–H groups in total. The molecule has 0 saturated heterocycles. The molecular formula is C32H37BF4I2. The van der Waals surface area contributed by atoms with Crippen LogP contribution in [0.1, 0.15) is 52.7 Å². The first-order valence-corrected chi connectivity index (χ1v) is 14.6. The lowest BCUT2D eigenvalue weighted by Crippen LogP contribution is -3.61. The fourth-order valence-electron chi connectivity index (χ4n) is 3.41. The third-order valence-corrected chi connectivity index (χ3v) is 8.20. The monoisotopic (exact) mass is 762 g/mol. The first kappa shape index (κ1) is 35.2. The zero-order chi connectivity index (χ0) is 28.4. The van der Waals surface area contributed by atoms with Gasteiger partial charge < -0.3 is 17.3 Å². The third-order valence-electron chi connectivity index (χ3n) is 5.52. The largest absolute Gasteiger partial charge is 0.673 e. The van der Waals surface area contributed by atoms with Crippen LogP contribution in [0.2, 0.25) is 0 Å². The van der Waals surface area contributed by atoms with Gasteiger partial charge in [0.05, 0.1) is 0 Å². The van der Waals surface area contributed by atoms with Crippen molar-refractivity contribution in [2.24, 2.45) is 0 Å². The molecule has 4 aromatic carbocycles. The lowest BCUT2D eigenvalue weighted by molar-refractivity contribution is -0.597. The fraction of sp³-hybridized carbons (Fsp3) is 0.250. The van der Waals surface area contributed by atoms with Crippen LogP contribution in [-0.4, -0.2) is 7.25 Å². The molecule has 210 valence electrons. The van der Waals surface area contributed by atoms with E-state index in [4.69, 9.17) is 0 Å². The number of halogens is 6. The minimum atomic E-state index is -6.00. The molecule has 0 heterocycles. The highest BCUT2D eigenvalue weighted by molar-refractivity contribution is 14.0. The summed E-state index contributed by atoms with van der Waals surface area (Å²) in [5.41, 5.74) is 5.86. The van der Waals surface area contributed by atoms with Gasteiger partial charge in [-0.1, -0.05) is 126 Å². The van der Waals surface area contributed by atoms with Crippen LogP contribution in [0.3, 0.4) is 0 Å². The van der Waals surface area contributed by atoms with Gasteiger partial charge in [0.25, 0.3) is 0 Å². The van der Waals surface area contributed by atoms with Gasteiger partial charge in [-0.05, 0) is 57.3 Å². The van der Waals surface area contributed by atoms with Crippen LogP contribution in [0, 0.1) is 7.14 Å². The predicted molar refractivity (Wildman–Crippen MR) is 165 cm³/mol. The molecule has 0 aliphatic rings. The van der Waals surface area contributed by atoms with Gasteiger partial charge in [-0.15, -0.1) is 24.0 Å². The predicted octanol–water partition coefficient (Wildman–Crippen LogP) is 7.68. The second-order valence-corrected chi connectivity index (χ2v) is 13.9. The molecule has 0 bridgehead atoms. The van der Waals surface area contributed by atoms with Gasteiger partial charge in [0.2, 0.25) is 0 Å². The summed E-state index contributed by atoms with van der Waals surface area (Å²) < 4.78 is 42.0. The Kier molecular flexibility index (Phi) is 14.2. The summed E-state index contributed by atoms with van der Waals surface area (Å²) >= 11 is -0.0703. The Hall–Kier alpha value is -1.88. The van der Waals surface area contributed by atoms with E-state index in [1.807, 2.05) is 12.1 Å². The lowest BCUT2D eigenvalue weighted by Gasteiger charge is -2.18. The Balaban J connectivity index is 0.000000355. The molecule has 0 spiro atoms. The average molecular weight is 762 g/mol. The first-order chi connectivity index (χ1) is 17.6. The smallest absolute Gasteiger partial charge is 0.418 e. The van der Waals surface area contributed by atoms with Crippen molar-refractivity contribution in [2.75, 3.05) is 0 Å². The zero-order valence-electron chi connectivity index (χ0n) is 23.3. The molecular weight excluding hydrogens is 725 g/mol. The van der Waals surface area contributed by atoms with E-state index < -0.39 is 7.25 Å². The highest BCUT2D eigenvalue weighted by Gasteiger charge is 2.21. The van der Waals surface area contributed by atoms with E-state index in [1.54, 1.807) is 0 Å². The van der Waals surface area contributed by atoms with Crippen LogP contribution in [-0.2, 0) is 10.8 Å². The molecule has 0 unspecified atom stereocenters. The molecule has 0 aliphatic heterocycles. The van der Waals surface area contributed by atoms with Crippen LogP contribution in [0.15, 0.2) is 109 Å². The Morgan fingerprint density at radius 1 is 0.462 bits per heavy atom. The van der Waals surface area contributed by atoms with Crippen LogP contribution in [0.5, 0.6) is 0 Å². The molecule has 4 aromatic rings. The highest BCUT2D eigenvalue weighted by atomic mass is 127. The Bertz CT molecular complexity index is 1110. The molecule has 4 rings (SSSR count). The van der Waals surface area contributed by atoms with Gasteiger partial charge in [0.15, 0.2) is 7.14 Å². The molecule has 7 heteroatoms. The molecule has 39 heavy (non-hydrogen) atoms. The molecule has 0 aromatic heterocycles. The second kappa shape index (κ2) is 15.8. The van der Waals surface area contributed by atoms with Crippen molar-refractivity contribution in [2.45, 2.75) is 52.4 Å². The quantitative estimate of drug-likeness (QED) is 0.114. The van der Waals surface area contributed by atoms with Crippen molar-refractivity contribution in [1.29, 1.82) is 0 Å². The van der Waals surface area contributed by atoms with E-state index in [2.05, 4.69) is 139 Å². The standard InChI is InChI=1S/C20H26I.C12H10.BF4.HI/c1-19(2,3)15-7-11-17(12-8-15)21-18-13-9-16(10-14-18)20(4,5)6;1-3-7-11(8-4-1)12-9-5-2-6-10-12;2-1(3,4)5;/h7-14H,1-6H3;1-10H;;1H/q+1;;-1;. The first-order valence-electron chi connectivity index (χ1n) is 12.5. The van der Waals surface area contributed by atoms with Crippen LogP contribution < -0.4 is 21.2 Å². The molecule has 0 saturated carbocycles. The van der Waals surface area contributed by atoms with Crippen LogP contribution >= 0.6 is 24.0 Å². The highest BCUT2D eigenvalue weighted by Crippen LogP contribution is 2.22. The average Bonchev–Trinajstić information content (AvgIpc) is 2.84. The topological polar surface area (TPSA) is 0 Å². The maximum absolute atomic E-state index is 9.75. The molecule has 0 nitrogen and oxygen atoms in total. The lowest BCUT2D eigenvalue weighted by atomic mass is 9.87. The summed E-state index contributed by atoms with van der Waals surface area (Å²) in [6, 6.07) is 39.2. The van der Waals surface area contributed by atoms with Crippen LogP contribution in [0.25, 0.3) is 11.1 Å². The van der Waals surface area contributed by atoms with Crippen molar-refractivity contribution >= 4 is 31.2 Å². The molecule has 0 radical (unpaired) electrons. The van der Waals surface area contributed by atoms with Crippen molar-refractivity contribution in [3.8, 4) is 11.1 Å². The fourth-order valence-corrected chi connectivity index (χ4v) is 5.57. The summed E-state index contributed by atoms with van der Waals surface area (Å²) in [6.07, 6.45) is 0. The third kappa shape index (κ3) is 14.4. The SMILES string of the molecule is CC(C)(C)c1ccc([I+]c2ccc(C(C)(C)C)cc2)cc1.F[B-](F)(F)F.I.c1ccc(-c2ccccc2)cc1. The Labute approximate surface area is 259 Å².